The molecule has 2 aliphatic heterocycles. The molecule has 2 fully saturated rings. The van der Waals surface area contributed by atoms with E-state index in [0.717, 1.165) is 25.9 Å². The monoisotopic (exact) mass is 297 g/mol. The smallest absolute Gasteiger partial charge is 0.410 e. The Morgan fingerprint density at radius 1 is 1.00 bits per heavy atom. The van der Waals surface area contributed by atoms with Crippen LogP contribution >= 0.6 is 0 Å². The zero-order valence-electron chi connectivity index (χ0n) is 13.6. The summed E-state index contributed by atoms with van der Waals surface area (Å²) in [6.45, 7) is 11.0. The molecule has 6 heteroatoms. The molecule has 2 saturated heterocycles. The molecule has 1 atom stereocenters. The highest BCUT2D eigenvalue weighted by Crippen LogP contribution is 2.18. The highest BCUT2D eigenvalue weighted by Gasteiger charge is 2.34. The topological polar surface area (TPSA) is 53.1 Å². The van der Waals surface area contributed by atoms with Crippen molar-refractivity contribution in [1.29, 1.82) is 0 Å². The third-order valence-electron chi connectivity index (χ3n) is 3.90. The van der Waals surface area contributed by atoms with Crippen LogP contribution in [0.25, 0.3) is 0 Å². The fourth-order valence-corrected chi connectivity index (χ4v) is 2.82. The van der Waals surface area contributed by atoms with Gasteiger partial charge in [0.05, 0.1) is 0 Å². The lowest BCUT2D eigenvalue weighted by molar-refractivity contribution is 0.00880. The van der Waals surface area contributed by atoms with Gasteiger partial charge in [-0.3, -0.25) is 0 Å². The summed E-state index contributed by atoms with van der Waals surface area (Å²) in [6, 6.07) is 0.142. The number of nitrogens with zero attached hydrogens (tertiary/aromatic N) is 3. The number of carbonyl (C=O) groups is 2. The fourth-order valence-electron chi connectivity index (χ4n) is 2.82. The molecule has 0 aliphatic carbocycles. The van der Waals surface area contributed by atoms with Gasteiger partial charge in [-0.2, -0.15) is 0 Å². The van der Waals surface area contributed by atoms with Crippen LogP contribution in [0.15, 0.2) is 0 Å². The number of hydrogen-bond donors (Lipinski definition) is 0. The first-order chi connectivity index (χ1) is 9.78. The minimum atomic E-state index is -0.483. The van der Waals surface area contributed by atoms with Crippen LogP contribution in [0.4, 0.5) is 9.59 Å². The van der Waals surface area contributed by atoms with Gasteiger partial charge >= 0.3 is 12.1 Å². The van der Waals surface area contributed by atoms with Crippen molar-refractivity contribution in [3.63, 3.8) is 0 Å². The number of rotatable bonds is 0. The molecule has 21 heavy (non-hydrogen) atoms. The molecule has 0 N–H and O–H groups in total. The normalized spacial score (nSPS) is 23.4. The van der Waals surface area contributed by atoms with E-state index in [1.54, 1.807) is 4.90 Å². The quantitative estimate of drug-likeness (QED) is 0.688. The van der Waals surface area contributed by atoms with Crippen molar-refractivity contribution in [2.75, 3.05) is 32.7 Å². The summed E-state index contributed by atoms with van der Waals surface area (Å²) in [5.41, 5.74) is -0.483. The van der Waals surface area contributed by atoms with Gasteiger partial charge in [0.25, 0.3) is 0 Å². The van der Waals surface area contributed by atoms with E-state index in [-0.39, 0.29) is 18.2 Å². The van der Waals surface area contributed by atoms with Gasteiger partial charge in [0.1, 0.15) is 5.60 Å². The second-order valence-electron chi connectivity index (χ2n) is 6.95. The number of amides is 3. The van der Waals surface area contributed by atoms with Gasteiger partial charge in [-0.25, -0.2) is 9.59 Å². The number of carbonyl (C=O) groups excluding carboxylic acids is 2. The second-order valence-corrected chi connectivity index (χ2v) is 6.95. The van der Waals surface area contributed by atoms with Crippen LogP contribution < -0.4 is 0 Å². The van der Waals surface area contributed by atoms with Crippen molar-refractivity contribution < 1.29 is 14.3 Å². The molecular weight excluding hydrogens is 270 g/mol. The van der Waals surface area contributed by atoms with E-state index in [0.29, 0.717) is 19.6 Å². The zero-order valence-corrected chi connectivity index (χ0v) is 13.6. The molecule has 0 aromatic rings. The van der Waals surface area contributed by atoms with Crippen LogP contribution in [0.1, 0.15) is 40.5 Å². The van der Waals surface area contributed by atoms with Gasteiger partial charge in [0.15, 0.2) is 0 Å². The Bertz CT molecular complexity index is 399. The van der Waals surface area contributed by atoms with E-state index < -0.39 is 5.60 Å². The van der Waals surface area contributed by atoms with Crippen molar-refractivity contribution in [2.24, 2.45) is 0 Å². The maximum Gasteiger partial charge on any atom is 0.410 e. The van der Waals surface area contributed by atoms with Gasteiger partial charge < -0.3 is 19.4 Å². The molecule has 0 spiro atoms. The maximum absolute atomic E-state index is 12.4. The van der Waals surface area contributed by atoms with Crippen LogP contribution in [0.3, 0.4) is 0 Å². The van der Waals surface area contributed by atoms with Crippen molar-refractivity contribution in [3.8, 4) is 0 Å². The zero-order chi connectivity index (χ0) is 15.6. The number of hydrogen-bond acceptors (Lipinski definition) is 3. The van der Waals surface area contributed by atoms with Crippen LogP contribution in [-0.2, 0) is 4.74 Å². The van der Waals surface area contributed by atoms with E-state index in [2.05, 4.69) is 0 Å². The molecule has 3 amide bonds. The summed E-state index contributed by atoms with van der Waals surface area (Å²) in [5.74, 6) is 0. The molecular formula is C15H27N3O3. The maximum atomic E-state index is 12.4. The van der Waals surface area contributed by atoms with E-state index >= 15 is 0 Å². The first-order valence-corrected chi connectivity index (χ1v) is 7.81. The minimum Gasteiger partial charge on any atom is -0.444 e. The van der Waals surface area contributed by atoms with Crippen molar-refractivity contribution in [3.05, 3.63) is 0 Å². The van der Waals surface area contributed by atoms with Crippen molar-refractivity contribution >= 4 is 12.1 Å². The Morgan fingerprint density at radius 2 is 1.62 bits per heavy atom. The van der Waals surface area contributed by atoms with E-state index in [1.165, 1.54) is 0 Å². The molecule has 6 nitrogen and oxygen atoms in total. The summed E-state index contributed by atoms with van der Waals surface area (Å²) in [5, 5.41) is 0. The second kappa shape index (κ2) is 6.12. The number of urea groups is 1. The van der Waals surface area contributed by atoms with Gasteiger partial charge in [-0.15, -0.1) is 0 Å². The van der Waals surface area contributed by atoms with Crippen LogP contribution in [0, 0.1) is 0 Å². The Hall–Kier alpha value is -1.46. The molecule has 0 unspecified atom stereocenters. The molecule has 0 radical (unpaired) electrons. The number of ether oxygens (including phenoxy) is 1. The van der Waals surface area contributed by atoms with E-state index in [9.17, 15) is 9.59 Å². The highest BCUT2D eigenvalue weighted by atomic mass is 16.6. The number of likely N-dealkylation sites (tertiary alicyclic amines) is 1. The van der Waals surface area contributed by atoms with Crippen LogP contribution in [0.5, 0.6) is 0 Å². The van der Waals surface area contributed by atoms with Gasteiger partial charge in [0.2, 0.25) is 0 Å². The van der Waals surface area contributed by atoms with Crippen molar-refractivity contribution in [1.82, 2.24) is 14.7 Å². The van der Waals surface area contributed by atoms with Gasteiger partial charge in [-0.1, -0.05) is 0 Å². The molecule has 0 saturated carbocycles. The molecule has 2 aliphatic rings. The highest BCUT2D eigenvalue weighted by molar-refractivity contribution is 5.76. The molecule has 0 aromatic carbocycles. The summed E-state index contributed by atoms with van der Waals surface area (Å²) >= 11 is 0. The summed E-state index contributed by atoms with van der Waals surface area (Å²) in [6.07, 6.45) is 1.90. The SMILES string of the molecule is C[C@H]1CN(C(=O)OC(C)(C)C)CCN1C(=O)N1CCCC1. The third kappa shape index (κ3) is 4.02. The lowest BCUT2D eigenvalue weighted by atomic mass is 10.2. The summed E-state index contributed by atoms with van der Waals surface area (Å²) in [7, 11) is 0. The Balaban J connectivity index is 1.89. The number of piperazine rings is 1. The Labute approximate surface area is 127 Å². The largest absolute Gasteiger partial charge is 0.444 e. The minimum absolute atomic E-state index is 0.0272. The van der Waals surface area contributed by atoms with Gasteiger partial charge in [-0.05, 0) is 40.5 Å². The summed E-state index contributed by atoms with van der Waals surface area (Å²) < 4.78 is 5.39. The van der Waals surface area contributed by atoms with Crippen LogP contribution in [-0.4, -0.2) is 71.2 Å². The Morgan fingerprint density at radius 3 is 2.14 bits per heavy atom. The average molecular weight is 297 g/mol. The predicted molar refractivity (Wildman–Crippen MR) is 80.2 cm³/mol. The average Bonchev–Trinajstić information content (AvgIpc) is 2.89. The summed E-state index contributed by atoms with van der Waals surface area (Å²) in [4.78, 5) is 30.0. The molecule has 120 valence electrons. The third-order valence-corrected chi connectivity index (χ3v) is 3.90. The molecule has 2 rings (SSSR count). The lowest BCUT2D eigenvalue weighted by Crippen LogP contribution is -2.58. The lowest BCUT2D eigenvalue weighted by Gasteiger charge is -2.41. The Kier molecular flexibility index (Phi) is 4.64. The fraction of sp³-hybridized carbons (Fsp3) is 0.867. The standard InChI is InChI=1S/C15H27N3O3/c1-12-11-17(14(20)21-15(2,3)4)9-10-18(12)13(19)16-7-5-6-8-16/h12H,5-11H2,1-4H3/t12-/m0/s1. The molecule has 2 heterocycles. The predicted octanol–water partition coefficient (Wildman–Crippen LogP) is 2.14. The van der Waals surface area contributed by atoms with Crippen LogP contribution in [0.2, 0.25) is 0 Å². The molecule has 0 bridgehead atoms. The first kappa shape index (κ1) is 15.9. The van der Waals surface area contributed by atoms with Crippen molar-refractivity contribution in [2.45, 2.75) is 52.2 Å². The van der Waals surface area contributed by atoms with E-state index in [4.69, 9.17) is 4.74 Å². The molecule has 0 aromatic heterocycles. The first-order valence-electron chi connectivity index (χ1n) is 7.81. The van der Waals surface area contributed by atoms with Gasteiger partial charge in [0, 0.05) is 38.8 Å². The van der Waals surface area contributed by atoms with E-state index in [1.807, 2.05) is 37.5 Å².